The predicted octanol–water partition coefficient (Wildman–Crippen LogP) is 3.60. The van der Waals surface area contributed by atoms with E-state index >= 15 is 0 Å². The van der Waals surface area contributed by atoms with Gasteiger partial charge in [-0.3, -0.25) is 9.59 Å². The second-order valence-corrected chi connectivity index (χ2v) is 6.15. The first-order valence-electron chi connectivity index (χ1n) is 8.55. The largest absolute Gasteiger partial charge is 0.360 e. The molecule has 25 heavy (non-hydrogen) atoms. The maximum atomic E-state index is 12.7. The smallest absolute Gasteiger partial charge is 0.215 e. The van der Waals surface area contributed by atoms with E-state index in [0.29, 0.717) is 29.7 Å². The molecule has 1 aromatic carbocycles. The fraction of sp³-hybridized carbons (Fsp3) is 0.421. The van der Waals surface area contributed by atoms with Crippen LogP contribution in [0.5, 0.6) is 0 Å². The third kappa shape index (κ3) is 4.35. The van der Waals surface area contributed by atoms with Crippen LogP contribution >= 0.6 is 12.4 Å². The first-order chi connectivity index (χ1) is 11.7. The Balaban J connectivity index is 0.00000225. The van der Waals surface area contributed by atoms with E-state index in [4.69, 9.17) is 4.52 Å². The van der Waals surface area contributed by atoms with Crippen molar-refractivity contribution in [2.45, 2.75) is 45.1 Å². The number of halogens is 1. The van der Waals surface area contributed by atoms with Gasteiger partial charge in [-0.05, 0) is 19.4 Å². The van der Waals surface area contributed by atoms with Crippen LogP contribution in [0, 0.1) is 0 Å². The molecule has 1 aliphatic rings. The number of carbonyl (C=O) groups excluding carboxylic acids is 2. The Hall–Kier alpha value is -1.98. The molecular formula is C19H23ClN2O3. The Morgan fingerprint density at radius 1 is 1.24 bits per heavy atom. The first kappa shape index (κ1) is 19.3. The van der Waals surface area contributed by atoms with Crippen molar-refractivity contribution in [1.29, 1.82) is 0 Å². The summed E-state index contributed by atoms with van der Waals surface area (Å²) in [5, 5.41) is 7.39. The molecule has 0 bridgehead atoms. The number of aromatic nitrogens is 1. The van der Waals surface area contributed by atoms with Crippen molar-refractivity contribution in [1.82, 2.24) is 10.5 Å². The van der Waals surface area contributed by atoms with E-state index in [2.05, 4.69) is 10.5 Å². The molecule has 1 aliphatic heterocycles. The van der Waals surface area contributed by atoms with E-state index in [0.717, 1.165) is 13.0 Å². The lowest BCUT2D eigenvalue weighted by atomic mass is 9.95. The van der Waals surface area contributed by atoms with E-state index in [9.17, 15) is 9.59 Å². The number of benzene rings is 1. The van der Waals surface area contributed by atoms with Crippen molar-refractivity contribution in [3.8, 4) is 0 Å². The van der Waals surface area contributed by atoms with Crippen LogP contribution in [-0.4, -0.2) is 29.3 Å². The predicted molar refractivity (Wildman–Crippen MR) is 97.6 cm³/mol. The zero-order chi connectivity index (χ0) is 16.9. The lowest BCUT2D eigenvalue weighted by Crippen LogP contribution is -2.35. The van der Waals surface area contributed by atoms with Crippen LogP contribution in [0.2, 0.25) is 0 Å². The number of nitrogens with one attached hydrogen (secondary N) is 1. The van der Waals surface area contributed by atoms with Crippen molar-refractivity contribution in [2.24, 2.45) is 0 Å². The maximum absolute atomic E-state index is 12.7. The van der Waals surface area contributed by atoms with Gasteiger partial charge in [0.2, 0.25) is 5.78 Å². The zero-order valence-corrected chi connectivity index (χ0v) is 15.1. The highest BCUT2D eigenvalue weighted by molar-refractivity contribution is 6.14. The molecule has 5 nitrogen and oxygen atoms in total. The molecule has 6 heteroatoms. The summed E-state index contributed by atoms with van der Waals surface area (Å²) in [5.74, 6) is 0.167. The van der Waals surface area contributed by atoms with E-state index < -0.39 is 0 Å². The van der Waals surface area contributed by atoms with Gasteiger partial charge in [0.1, 0.15) is 5.76 Å². The number of hydrogen-bond acceptors (Lipinski definition) is 5. The van der Waals surface area contributed by atoms with Crippen LogP contribution in [-0.2, 0) is 6.42 Å². The number of rotatable bonds is 6. The number of carbonyl (C=O) groups is 2. The lowest BCUT2D eigenvalue weighted by Gasteiger charge is -2.22. The zero-order valence-electron chi connectivity index (χ0n) is 14.3. The fourth-order valence-electron chi connectivity index (χ4n) is 3.13. The van der Waals surface area contributed by atoms with Crippen LogP contribution in [0.25, 0.3) is 0 Å². The minimum absolute atomic E-state index is 0. The Labute approximate surface area is 153 Å². The van der Waals surface area contributed by atoms with Crippen LogP contribution in [0.3, 0.4) is 0 Å². The molecule has 3 rings (SSSR count). The molecule has 134 valence electrons. The molecule has 0 saturated carbocycles. The van der Waals surface area contributed by atoms with Gasteiger partial charge in [-0.1, -0.05) is 48.8 Å². The molecule has 1 atom stereocenters. The average Bonchev–Trinajstić information content (AvgIpc) is 3.05. The Morgan fingerprint density at radius 3 is 2.64 bits per heavy atom. The van der Waals surface area contributed by atoms with Crippen molar-refractivity contribution in [3.05, 3.63) is 52.9 Å². The van der Waals surface area contributed by atoms with Gasteiger partial charge < -0.3 is 9.84 Å². The number of hydrogen-bond donors (Lipinski definition) is 1. The van der Waals surface area contributed by atoms with Gasteiger partial charge in [0.05, 0.1) is 5.56 Å². The summed E-state index contributed by atoms with van der Waals surface area (Å²) in [6.45, 7) is 2.76. The van der Waals surface area contributed by atoms with Gasteiger partial charge in [0.25, 0.3) is 0 Å². The summed E-state index contributed by atoms with van der Waals surface area (Å²) in [6, 6.07) is 9.15. The van der Waals surface area contributed by atoms with Gasteiger partial charge >= 0.3 is 0 Å². The maximum Gasteiger partial charge on any atom is 0.215 e. The molecule has 1 N–H and O–H groups in total. The molecule has 0 spiro atoms. The minimum atomic E-state index is -0.265. The molecule has 1 fully saturated rings. The van der Waals surface area contributed by atoms with Gasteiger partial charge in [-0.15, -0.1) is 12.4 Å². The van der Waals surface area contributed by atoms with Gasteiger partial charge in [0.15, 0.2) is 11.5 Å². The lowest BCUT2D eigenvalue weighted by molar-refractivity contribution is 0.0970. The highest BCUT2D eigenvalue weighted by Crippen LogP contribution is 2.23. The van der Waals surface area contributed by atoms with Crippen LogP contribution in [0.15, 0.2) is 34.9 Å². The molecule has 1 saturated heterocycles. The van der Waals surface area contributed by atoms with Crippen molar-refractivity contribution in [2.75, 3.05) is 6.54 Å². The summed E-state index contributed by atoms with van der Waals surface area (Å²) in [6.07, 6.45) is 4.30. The minimum Gasteiger partial charge on any atom is -0.360 e. The molecule has 1 unspecified atom stereocenters. The summed E-state index contributed by atoms with van der Waals surface area (Å²) in [5.41, 5.74) is 1.01. The number of nitrogens with zero attached hydrogens (tertiary/aromatic N) is 1. The van der Waals surface area contributed by atoms with Gasteiger partial charge in [-0.25, -0.2) is 0 Å². The molecule has 2 heterocycles. The second kappa shape index (κ2) is 8.92. The molecule has 1 aromatic heterocycles. The number of ketones is 2. The fourth-order valence-corrected chi connectivity index (χ4v) is 3.13. The third-order valence-electron chi connectivity index (χ3n) is 4.46. The van der Waals surface area contributed by atoms with Gasteiger partial charge in [0, 0.05) is 24.4 Å². The molecule has 0 aliphatic carbocycles. The highest BCUT2D eigenvalue weighted by Gasteiger charge is 2.28. The summed E-state index contributed by atoms with van der Waals surface area (Å²) >= 11 is 0. The second-order valence-electron chi connectivity index (χ2n) is 6.15. The Bertz CT molecular complexity index is 722. The molecular weight excluding hydrogens is 340 g/mol. The summed E-state index contributed by atoms with van der Waals surface area (Å²) in [4.78, 5) is 25.1. The van der Waals surface area contributed by atoms with Gasteiger partial charge in [-0.2, -0.15) is 0 Å². The summed E-state index contributed by atoms with van der Waals surface area (Å²) in [7, 11) is 0. The SMILES string of the molecule is CCC(=O)c1c(C(=O)c2ccccc2)noc1CC1CCCCN1.Cl. The van der Waals surface area contributed by atoms with Crippen LogP contribution in [0.1, 0.15) is 64.8 Å². The van der Waals surface area contributed by atoms with Crippen molar-refractivity contribution < 1.29 is 14.1 Å². The third-order valence-corrected chi connectivity index (χ3v) is 4.46. The number of piperidine rings is 1. The van der Waals surface area contributed by atoms with Crippen LogP contribution in [0.4, 0.5) is 0 Å². The first-order valence-corrected chi connectivity index (χ1v) is 8.55. The van der Waals surface area contributed by atoms with E-state index in [-0.39, 0.29) is 35.7 Å². The monoisotopic (exact) mass is 362 g/mol. The summed E-state index contributed by atoms with van der Waals surface area (Å²) < 4.78 is 5.43. The van der Waals surface area contributed by atoms with E-state index in [1.807, 2.05) is 6.07 Å². The highest BCUT2D eigenvalue weighted by atomic mass is 35.5. The molecule has 0 amide bonds. The number of Topliss-reactive ketones (excluding diaryl/α,β-unsaturated/α-hetero) is 1. The van der Waals surface area contributed by atoms with Crippen molar-refractivity contribution >= 4 is 24.0 Å². The average molecular weight is 363 g/mol. The molecule has 0 radical (unpaired) electrons. The van der Waals surface area contributed by atoms with Crippen LogP contribution < -0.4 is 5.32 Å². The quantitative estimate of drug-likeness (QED) is 0.795. The molecule has 2 aromatic rings. The van der Waals surface area contributed by atoms with E-state index in [1.165, 1.54) is 12.8 Å². The normalized spacial score (nSPS) is 16.9. The Kier molecular flexibility index (Phi) is 6.91. The van der Waals surface area contributed by atoms with Crippen molar-refractivity contribution in [3.63, 3.8) is 0 Å². The topological polar surface area (TPSA) is 72.2 Å². The Morgan fingerprint density at radius 2 is 2.00 bits per heavy atom. The van der Waals surface area contributed by atoms with E-state index in [1.54, 1.807) is 31.2 Å². The standard InChI is InChI=1S/C19H22N2O3.ClH/c1-2-15(22)17-16(12-14-10-6-7-11-20-14)24-21-18(17)19(23)13-8-4-3-5-9-13;/h3-5,8-9,14,20H,2,6-7,10-12H2,1H3;1H.